The number of carbonyl (C=O) groups excluding carboxylic acids is 2. The van der Waals surface area contributed by atoms with Crippen LogP contribution in [0.15, 0.2) is 77.1 Å². The Morgan fingerprint density at radius 2 is 1.79 bits per heavy atom. The molecule has 3 aliphatic rings. The lowest BCUT2D eigenvalue weighted by Gasteiger charge is -2.34. The van der Waals surface area contributed by atoms with Crippen LogP contribution in [0.25, 0.3) is 11.1 Å². The molecule has 0 bridgehead atoms. The van der Waals surface area contributed by atoms with Crippen molar-refractivity contribution < 1.29 is 19.1 Å². The molecule has 0 amide bonds. The van der Waals surface area contributed by atoms with E-state index < -0.39 is 5.92 Å². The fourth-order valence-electron chi connectivity index (χ4n) is 5.11. The largest absolute Gasteiger partial charge is 0.459 e. The van der Waals surface area contributed by atoms with E-state index in [0.29, 0.717) is 24.2 Å². The number of esters is 1. The van der Waals surface area contributed by atoms with Gasteiger partial charge in [0, 0.05) is 35.9 Å². The van der Waals surface area contributed by atoms with Crippen LogP contribution in [0.3, 0.4) is 0 Å². The summed E-state index contributed by atoms with van der Waals surface area (Å²) in [5.74, 6) is -0.689. The SMILES string of the molecule is CC1=C(C(=O)OC[C@@H]2CCCO2)[C@@H](c2ccc(-c3ccccc3)cc2)C2=C(CCCC2=O)N1. The van der Waals surface area contributed by atoms with E-state index >= 15 is 0 Å². The number of dihydropyridines is 1. The van der Waals surface area contributed by atoms with Gasteiger partial charge in [0.1, 0.15) is 6.61 Å². The third-order valence-corrected chi connectivity index (χ3v) is 6.77. The van der Waals surface area contributed by atoms with E-state index in [1.54, 1.807) is 0 Å². The van der Waals surface area contributed by atoms with Gasteiger partial charge in [-0.1, -0.05) is 54.6 Å². The molecular weight excluding hydrogens is 414 g/mol. The van der Waals surface area contributed by atoms with Gasteiger partial charge in [-0.25, -0.2) is 4.79 Å². The minimum Gasteiger partial charge on any atom is -0.459 e. The number of rotatable bonds is 5. The van der Waals surface area contributed by atoms with Gasteiger partial charge in [0.15, 0.2) is 5.78 Å². The molecule has 5 heteroatoms. The highest BCUT2D eigenvalue weighted by Gasteiger charge is 2.39. The summed E-state index contributed by atoms with van der Waals surface area (Å²) in [7, 11) is 0. The maximum Gasteiger partial charge on any atom is 0.336 e. The molecule has 0 spiro atoms. The van der Waals surface area contributed by atoms with Gasteiger partial charge in [-0.3, -0.25) is 4.79 Å². The molecule has 0 saturated carbocycles. The summed E-state index contributed by atoms with van der Waals surface area (Å²) in [6, 6.07) is 18.4. The summed E-state index contributed by atoms with van der Waals surface area (Å²) >= 11 is 0. The molecule has 0 radical (unpaired) electrons. The number of nitrogens with one attached hydrogen (secondary N) is 1. The lowest BCUT2D eigenvalue weighted by molar-refractivity contribution is -0.142. The van der Waals surface area contributed by atoms with E-state index in [-0.39, 0.29) is 24.5 Å². The minimum atomic E-state index is -0.420. The van der Waals surface area contributed by atoms with Crippen molar-refractivity contribution in [3.8, 4) is 11.1 Å². The molecule has 1 saturated heterocycles. The van der Waals surface area contributed by atoms with E-state index in [9.17, 15) is 9.59 Å². The zero-order valence-corrected chi connectivity index (χ0v) is 18.9. The van der Waals surface area contributed by atoms with Crippen LogP contribution in [0.5, 0.6) is 0 Å². The Hall–Kier alpha value is -3.18. The van der Waals surface area contributed by atoms with E-state index in [1.165, 1.54) is 0 Å². The average molecular weight is 444 g/mol. The summed E-state index contributed by atoms with van der Waals surface area (Å²) in [5.41, 5.74) is 6.10. The van der Waals surface area contributed by atoms with Crippen molar-refractivity contribution >= 4 is 11.8 Å². The van der Waals surface area contributed by atoms with Gasteiger partial charge in [0.25, 0.3) is 0 Å². The smallest absolute Gasteiger partial charge is 0.336 e. The quantitative estimate of drug-likeness (QED) is 0.656. The number of hydrogen-bond acceptors (Lipinski definition) is 5. The third-order valence-electron chi connectivity index (χ3n) is 6.77. The molecule has 1 fully saturated rings. The molecule has 5 rings (SSSR count). The third kappa shape index (κ3) is 4.38. The Morgan fingerprint density at radius 3 is 2.52 bits per heavy atom. The Labute approximate surface area is 194 Å². The molecular formula is C28H29NO4. The number of carbonyl (C=O) groups is 2. The van der Waals surface area contributed by atoms with Crippen molar-refractivity contribution in [2.75, 3.05) is 13.2 Å². The number of ether oxygens (including phenoxy) is 2. The van der Waals surface area contributed by atoms with Gasteiger partial charge < -0.3 is 14.8 Å². The zero-order valence-electron chi connectivity index (χ0n) is 18.9. The topological polar surface area (TPSA) is 64.6 Å². The van der Waals surface area contributed by atoms with Crippen molar-refractivity contribution in [2.24, 2.45) is 0 Å². The second kappa shape index (κ2) is 9.36. The van der Waals surface area contributed by atoms with Crippen LogP contribution < -0.4 is 5.32 Å². The maximum absolute atomic E-state index is 13.3. The highest BCUT2D eigenvalue weighted by atomic mass is 16.6. The molecule has 2 aromatic rings. The monoisotopic (exact) mass is 443 g/mol. The molecule has 5 nitrogen and oxygen atoms in total. The molecule has 0 unspecified atom stereocenters. The Bertz CT molecular complexity index is 1110. The van der Waals surface area contributed by atoms with Crippen molar-refractivity contribution in [3.63, 3.8) is 0 Å². The molecule has 2 aromatic carbocycles. The van der Waals surface area contributed by atoms with Crippen molar-refractivity contribution in [1.29, 1.82) is 0 Å². The predicted molar refractivity (Wildman–Crippen MR) is 126 cm³/mol. The highest BCUT2D eigenvalue weighted by molar-refractivity contribution is 6.03. The first-order valence-corrected chi connectivity index (χ1v) is 11.8. The molecule has 1 N–H and O–H groups in total. The summed E-state index contributed by atoms with van der Waals surface area (Å²) in [6.07, 6.45) is 4.01. The normalized spacial score (nSPS) is 22.8. The van der Waals surface area contributed by atoms with Gasteiger partial charge in [-0.05, 0) is 49.3 Å². The zero-order chi connectivity index (χ0) is 22.8. The molecule has 170 valence electrons. The van der Waals surface area contributed by atoms with E-state index in [0.717, 1.165) is 53.8 Å². The molecule has 33 heavy (non-hydrogen) atoms. The fourth-order valence-corrected chi connectivity index (χ4v) is 5.11. The number of benzene rings is 2. The Morgan fingerprint density at radius 1 is 1.03 bits per heavy atom. The van der Waals surface area contributed by atoms with Crippen LogP contribution in [0.4, 0.5) is 0 Å². The first kappa shape index (κ1) is 21.7. The summed E-state index contributed by atoms with van der Waals surface area (Å²) in [6.45, 7) is 2.86. The molecule has 2 heterocycles. The maximum atomic E-state index is 13.3. The highest BCUT2D eigenvalue weighted by Crippen LogP contribution is 2.43. The van der Waals surface area contributed by atoms with Crippen LogP contribution in [0, 0.1) is 0 Å². The van der Waals surface area contributed by atoms with Gasteiger partial charge >= 0.3 is 5.97 Å². The van der Waals surface area contributed by atoms with Crippen LogP contribution in [0.2, 0.25) is 0 Å². The minimum absolute atomic E-state index is 0.0406. The van der Waals surface area contributed by atoms with Crippen LogP contribution in [-0.2, 0) is 19.1 Å². The van der Waals surface area contributed by atoms with E-state index in [1.807, 2.05) is 37.3 Å². The number of hydrogen-bond donors (Lipinski definition) is 1. The van der Waals surface area contributed by atoms with E-state index in [4.69, 9.17) is 9.47 Å². The molecule has 0 aromatic heterocycles. The molecule has 1 aliphatic carbocycles. The number of allylic oxidation sites excluding steroid dienone is 3. The van der Waals surface area contributed by atoms with Gasteiger partial charge in [-0.2, -0.15) is 0 Å². The lowest BCUT2D eigenvalue weighted by atomic mass is 9.75. The van der Waals surface area contributed by atoms with Crippen LogP contribution in [0.1, 0.15) is 50.5 Å². The second-order valence-corrected chi connectivity index (χ2v) is 8.99. The summed E-state index contributed by atoms with van der Waals surface area (Å²) in [5, 5.41) is 3.35. The first-order valence-electron chi connectivity index (χ1n) is 11.8. The second-order valence-electron chi connectivity index (χ2n) is 8.99. The van der Waals surface area contributed by atoms with Crippen molar-refractivity contribution in [1.82, 2.24) is 5.32 Å². The Kier molecular flexibility index (Phi) is 6.14. The molecule has 2 aliphatic heterocycles. The van der Waals surface area contributed by atoms with Gasteiger partial charge in [-0.15, -0.1) is 0 Å². The standard InChI is InChI=1S/C28H29NO4/c1-18-25(28(31)33-17-22-9-6-16-32-22)26(27-23(29-18)10-5-11-24(27)30)21-14-12-20(13-15-21)19-7-3-2-4-8-19/h2-4,7-8,12-15,22,26,29H,5-6,9-11,16-17H2,1H3/t22-,26+/m0/s1. The number of ketones is 1. The lowest BCUT2D eigenvalue weighted by Crippen LogP contribution is -2.35. The average Bonchev–Trinajstić information content (AvgIpc) is 3.36. The van der Waals surface area contributed by atoms with Crippen molar-refractivity contribution in [3.05, 3.63) is 82.7 Å². The summed E-state index contributed by atoms with van der Waals surface area (Å²) in [4.78, 5) is 26.4. The first-order chi connectivity index (χ1) is 16.1. The Balaban J connectivity index is 1.49. The van der Waals surface area contributed by atoms with Crippen LogP contribution >= 0.6 is 0 Å². The summed E-state index contributed by atoms with van der Waals surface area (Å²) < 4.78 is 11.3. The van der Waals surface area contributed by atoms with E-state index in [2.05, 4.69) is 29.6 Å². The van der Waals surface area contributed by atoms with Gasteiger partial charge in [0.2, 0.25) is 0 Å². The van der Waals surface area contributed by atoms with Gasteiger partial charge in [0.05, 0.1) is 11.7 Å². The van der Waals surface area contributed by atoms with Crippen LogP contribution in [-0.4, -0.2) is 31.1 Å². The number of Topliss-reactive ketones (excluding diaryl/α,β-unsaturated/α-hetero) is 1. The predicted octanol–water partition coefficient (Wildman–Crippen LogP) is 5.04. The molecule has 2 atom stereocenters. The fraction of sp³-hybridized carbons (Fsp3) is 0.357. The van der Waals surface area contributed by atoms with Crippen molar-refractivity contribution in [2.45, 2.75) is 51.0 Å².